The third-order valence-electron chi connectivity index (χ3n) is 4.43. The highest BCUT2D eigenvalue weighted by Gasteiger charge is 2.34. The Bertz CT molecular complexity index is 824. The molecular weight excluding hydrogens is 400 g/mol. The lowest BCUT2D eigenvalue weighted by Crippen LogP contribution is -2.59. The van der Waals surface area contributed by atoms with Gasteiger partial charge in [-0.3, -0.25) is 0 Å². The molecule has 0 saturated carbocycles. The van der Waals surface area contributed by atoms with Crippen molar-refractivity contribution in [3.05, 3.63) is 66.5 Å². The van der Waals surface area contributed by atoms with Crippen molar-refractivity contribution < 1.29 is 8.78 Å². The van der Waals surface area contributed by atoms with Crippen molar-refractivity contribution in [2.45, 2.75) is 31.2 Å². The number of hydrogen-bond acceptors (Lipinski definition) is 4. The van der Waals surface area contributed by atoms with Crippen LogP contribution in [0, 0.1) is 11.6 Å². The number of halogens is 2. The summed E-state index contributed by atoms with van der Waals surface area (Å²) >= 11 is 0. The number of rotatable bonds is 8. The topological polar surface area (TPSA) is 30.7 Å². The lowest BCUT2D eigenvalue weighted by Gasteiger charge is -2.29. The Balaban J connectivity index is 1.97. The molecule has 0 spiro atoms. The van der Waals surface area contributed by atoms with E-state index in [-0.39, 0.29) is 11.6 Å². The molecule has 0 saturated heterocycles. The summed E-state index contributed by atoms with van der Waals surface area (Å²) in [7, 11) is 1.05. The molecule has 3 nitrogen and oxygen atoms in total. The molecule has 2 aromatic carbocycles. The first-order chi connectivity index (χ1) is 13.0. The van der Waals surface area contributed by atoms with E-state index in [1.807, 2.05) is 28.9 Å². The highest BCUT2D eigenvalue weighted by atomic mass is 33.1. The Morgan fingerprint density at radius 2 is 1.52 bits per heavy atom. The molecule has 0 unspecified atom stereocenters. The van der Waals surface area contributed by atoms with Crippen molar-refractivity contribution in [3.8, 4) is 0 Å². The summed E-state index contributed by atoms with van der Waals surface area (Å²) in [6.07, 6.45) is 3.32. The van der Waals surface area contributed by atoms with Crippen molar-refractivity contribution in [3.63, 3.8) is 0 Å². The van der Waals surface area contributed by atoms with Crippen molar-refractivity contribution in [1.82, 2.24) is 14.8 Å². The summed E-state index contributed by atoms with van der Waals surface area (Å²) in [6.45, 7) is 4.34. The first-order valence-electron chi connectivity index (χ1n) is 8.72. The van der Waals surface area contributed by atoms with Gasteiger partial charge in [0.2, 0.25) is 0 Å². The Morgan fingerprint density at radius 3 is 2.04 bits per heavy atom. The predicted molar refractivity (Wildman–Crippen MR) is 112 cm³/mol. The standard InChI is InChI=1S/C19H21F2N3S2Si/c1-3-12-25-26-19-22-13-23-24(19)14-27(2,17-8-4-15(20)5-9-17)18-10-6-16(21)7-11-18/h4-11,13H,3,12,14H2,1-2H3. The van der Waals surface area contributed by atoms with Crippen LogP contribution in [0.25, 0.3) is 0 Å². The van der Waals surface area contributed by atoms with Gasteiger partial charge in [-0.25, -0.2) is 18.4 Å². The zero-order valence-electron chi connectivity index (χ0n) is 15.2. The Kier molecular flexibility index (Phi) is 6.72. The van der Waals surface area contributed by atoms with E-state index in [2.05, 4.69) is 23.6 Å². The zero-order valence-corrected chi connectivity index (χ0v) is 17.9. The minimum absolute atomic E-state index is 0.262. The molecule has 0 radical (unpaired) electrons. The van der Waals surface area contributed by atoms with Crippen LogP contribution in [0.2, 0.25) is 6.55 Å². The van der Waals surface area contributed by atoms with Crippen LogP contribution in [-0.4, -0.2) is 28.6 Å². The minimum atomic E-state index is -2.33. The second-order valence-corrected chi connectivity index (χ2v) is 13.0. The largest absolute Gasteiger partial charge is 0.242 e. The molecular formula is C19H21F2N3S2Si. The third-order valence-corrected chi connectivity index (χ3v) is 11.0. The van der Waals surface area contributed by atoms with Crippen LogP contribution in [0.1, 0.15) is 13.3 Å². The summed E-state index contributed by atoms with van der Waals surface area (Å²) in [5, 5.41) is 7.43. The molecule has 27 heavy (non-hydrogen) atoms. The van der Waals surface area contributed by atoms with E-state index in [1.54, 1.807) is 27.9 Å². The minimum Gasteiger partial charge on any atom is -0.242 e. The average Bonchev–Trinajstić information content (AvgIpc) is 3.09. The van der Waals surface area contributed by atoms with Crippen molar-refractivity contribution in [2.24, 2.45) is 0 Å². The van der Waals surface area contributed by atoms with Gasteiger partial charge in [0.1, 0.15) is 26.0 Å². The molecule has 0 N–H and O–H groups in total. The fourth-order valence-corrected chi connectivity index (χ4v) is 8.43. The van der Waals surface area contributed by atoms with Crippen LogP contribution < -0.4 is 10.4 Å². The molecule has 0 aliphatic carbocycles. The highest BCUT2D eigenvalue weighted by Crippen LogP contribution is 2.29. The van der Waals surface area contributed by atoms with Crippen LogP contribution in [0.4, 0.5) is 8.78 Å². The van der Waals surface area contributed by atoms with Gasteiger partial charge < -0.3 is 0 Å². The van der Waals surface area contributed by atoms with Crippen LogP contribution in [0.15, 0.2) is 60.0 Å². The maximum Gasteiger partial charge on any atom is 0.196 e. The van der Waals surface area contributed by atoms with E-state index in [0.717, 1.165) is 27.7 Å². The number of hydrogen-bond donors (Lipinski definition) is 0. The average molecular weight is 422 g/mol. The van der Waals surface area contributed by atoms with E-state index < -0.39 is 8.07 Å². The van der Waals surface area contributed by atoms with Gasteiger partial charge in [-0.15, -0.1) is 0 Å². The molecule has 0 aliphatic heterocycles. The van der Waals surface area contributed by atoms with Gasteiger partial charge in [0.25, 0.3) is 0 Å². The summed E-state index contributed by atoms with van der Waals surface area (Å²) < 4.78 is 28.9. The number of aromatic nitrogens is 3. The quantitative estimate of drug-likeness (QED) is 0.311. The van der Waals surface area contributed by atoms with E-state index in [0.29, 0.717) is 6.17 Å². The van der Waals surface area contributed by atoms with Crippen LogP contribution in [0.5, 0.6) is 0 Å². The van der Waals surface area contributed by atoms with Gasteiger partial charge in [0, 0.05) is 11.9 Å². The Hall–Kier alpha value is -1.64. The Morgan fingerprint density at radius 1 is 0.963 bits per heavy atom. The second-order valence-electron chi connectivity index (χ2n) is 6.45. The lowest BCUT2D eigenvalue weighted by atomic mass is 10.3. The summed E-state index contributed by atoms with van der Waals surface area (Å²) in [5.74, 6) is 0.520. The van der Waals surface area contributed by atoms with Gasteiger partial charge in [-0.2, -0.15) is 5.10 Å². The summed E-state index contributed by atoms with van der Waals surface area (Å²) in [5.41, 5.74) is 0. The van der Waals surface area contributed by atoms with Crippen molar-refractivity contribution in [1.29, 1.82) is 0 Å². The molecule has 0 fully saturated rings. The SMILES string of the molecule is CCCSSc1ncnn1C[Si](C)(c1ccc(F)cc1)c1ccc(F)cc1. The van der Waals surface area contributed by atoms with E-state index in [4.69, 9.17) is 0 Å². The normalized spacial score (nSPS) is 11.7. The maximum atomic E-state index is 13.5. The molecule has 1 heterocycles. The van der Waals surface area contributed by atoms with Crippen LogP contribution >= 0.6 is 21.6 Å². The van der Waals surface area contributed by atoms with Gasteiger partial charge in [-0.1, -0.05) is 58.9 Å². The predicted octanol–water partition coefficient (Wildman–Crippen LogP) is 4.14. The van der Waals surface area contributed by atoms with Crippen LogP contribution in [-0.2, 0) is 6.17 Å². The monoisotopic (exact) mass is 421 g/mol. The second kappa shape index (κ2) is 9.03. The van der Waals surface area contributed by atoms with Crippen LogP contribution in [0.3, 0.4) is 0 Å². The van der Waals surface area contributed by atoms with Gasteiger partial charge in [0.15, 0.2) is 5.16 Å². The molecule has 0 bridgehead atoms. The van der Waals surface area contributed by atoms with Crippen molar-refractivity contribution >= 4 is 40.0 Å². The third kappa shape index (κ3) is 4.80. The zero-order chi connectivity index (χ0) is 19.3. The first kappa shape index (κ1) is 20.1. The fraction of sp³-hybridized carbons (Fsp3) is 0.263. The molecule has 0 aliphatic rings. The molecule has 0 atom stereocenters. The van der Waals surface area contributed by atoms with E-state index in [1.165, 1.54) is 24.3 Å². The van der Waals surface area contributed by atoms with Gasteiger partial charge in [-0.05, 0) is 41.5 Å². The lowest BCUT2D eigenvalue weighted by molar-refractivity contribution is 0.628. The Labute approximate surface area is 167 Å². The molecule has 142 valence electrons. The molecule has 3 aromatic rings. The summed E-state index contributed by atoms with van der Waals surface area (Å²) in [4.78, 5) is 4.38. The first-order valence-corrected chi connectivity index (χ1v) is 13.7. The smallest absolute Gasteiger partial charge is 0.196 e. The molecule has 0 amide bonds. The molecule has 1 aromatic heterocycles. The van der Waals surface area contributed by atoms with E-state index >= 15 is 0 Å². The van der Waals surface area contributed by atoms with Crippen molar-refractivity contribution in [2.75, 3.05) is 5.75 Å². The highest BCUT2D eigenvalue weighted by molar-refractivity contribution is 8.76. The van der Waals surface area contributed by atoms with Gasteiger partial charge >= 0.3 is 0 Å². The summed E-state index contributed by atoms with van der Waals surface area (Å²) in [6, 6.07) is 13.3. The molecule has 3 rings (SSSR count). The fourth-order valence-electron chi connectivity index (χ4n) is 2.89. The molecule has 8 heteroatoms. The number of nitrogens with zero attached hydrogens (tertiary/aromatic N) is 3. The maximum absolute atomic E-state index is 13.5. The number of benzene rings is 2. The van der Waals surface area contributed by atoms with Gasteiger partial charge in [0.05, 0.1) is 0 Å². The van der Waals surface area contributed by atoms with E-state index in [9.17, 15) is 8.78 Å².